The third-order valence-corrected chi connectivity index (χ3v) is 5.84. The molecule has 1 aromatic rings. The predicted octanol–water partition coefficient (Wildman–Crippen LogP) is 3.66. The fourth-order valence-corrected chi connectivity index (χ4v) is 3.94. The van der Waals surface area contributed by atoms with Gasteiger partial charge in [-0.15, -0.1) is 0 Å². The van der Waals surface area contributed by atoms with Crippen LogP contribution in [-0.4, -0.2) is 49.5 Å². The van der Waals surface area contributed by atoms with Crippen LogP contribution in [0.2, 0.25) is 5.02 Å². The molecule has 0 fully saturated rings. The number of nitrogens with two attached hydrogens (primary N) is 1. The summed E-state index contributed by atoms with van der Waals surface area (Å²) in [5, 5.41) is 6.05. The van der Waals surface area contributed by atoms with E-state index in [9.17, 15) is 14.4 Å². The number of aliphatic imine (C=N–C) groups is 1. The van der Waals surface area contributed by atoms with Crippen molar-refractivity contribution in [1.29, 1.82) is 0 Å². The number of nitrogens with one attached hydrogen (secondary N) is 3. The van der Waals surface area contributed by atoms with E-state index in [0.29, 0.717) is 35.7 Å². The van der Waals surface area contributed by atoms with Crippen molar-refractivity contribution >= 4 is 47.3 Å². The maximum Gasteiger partial charge on any atom is 0.435 e. The maximum atomic E-state index is 12.4. The van der Waals surface area contributed by atoms with Crippen LogP contribution in [0.1, 0.15) is 32.3 Å². The quantitative estimate of drug-likeness (QED) is 0.0884. The van der Waals surface area contributed by atoms with Gasteiger partial charge in [-0.2, -0.15) is 4.99 Å². The first-order valence-electron chi connectivity index (χ1n) is 11.5. The summed E-state index contributed by atoms with van der Waals surface area (Å²) in [5.74, 6) is 0.0531. The van der Waals surface area contributed by atoms with Crippen LogP contribution in [0.4, 0.5) is 4.79 Å². The van der Waals surface area contributed by atoms with Gasteiger partial charge in [0.05, 0.1) is 19.2 Å². The zero-order valence-corrected chi connectivity index (χ0v) is 22.2. The molecular weight excluding hydrogens is 502 g/mol. The number of amidine groups is 1. The van der Waals surface area contributed by atoms with Gasteiger partial charge in [-0.25, -0.2) is 4.79 Å². The van der Waals surface area contributed by atoms with Gasteiger partial charge in [-0.3, -0.25) is 14.3 Å². The summed E-state index contributed by atoms with van der Waals surface area (Å²) in [7, 11) is 0. The second-order valence-electron chi connectivity index (χ2n) is 7.27. The van der Waals surface area contributed by atoms with E-state index in [1.165, 1.54) is 18.0 Å². The molecule has 0 spiro atoms. The summed E-state index contributed by atoms with van der Waals surface area (Å²) >= 11 is 7.54. The van der Waals surface area contributed by atoms with Crippen molar-refractivity contribution in [3.05, 3.63) is 71.3 Å². The van der Waals surface area contributed by atoms with E-state index < -0.39 is 12.1 Å². The molecule has 1 unspecified atom stereocenters. The number of ether oxygens (including phenoxy) is 1. The lowest BCUT2D eigenvalue weighted by Crippen LogP contribution is -2.45. The minimum atomic E-state index is -0.771. The summed E-state index contributed by atoms with van der Waals surface area (Å²) in [6.45, 7) is 7.60. The highest BCUT2D eigenvalue weighted by Crippen LogP contribution is 2.19. The van der Waals surface area contributed by atoms with Crippen molar-refractivity contribution in [1.82, 2.24) is 15.4 Å². The molecule has 0 saturated carbocycles. The smallest absolute Gasteiger partial charge is 0.435 e. The van der Waals surface area contributed by atoms with E-state index in [1.807, 2.05) is 31.2 Å². The molecule has 0 aliphatic heterocycles. The van der Waals surface area contributed by atoms with E-state index in [4.69, 9.17) is 22.1 Å². The molecule has 196 valence electrons. The van der Waals surface area contributed by atoms with Crippen LogP contribution in [0.3, 0.4) is 0 Å². The van der Waals surface area contributed by atoms with Gasteiger partial charge in [0, 0.05) is 22.9 Å². The molecule has 0 radical (unpaired) electrons. The molecule has 0 aliphatic rings. The zero-order valence-electron chi connectivity index (χ0n) is 20.6. The highest BCUT2D eigenvalue weighted by atomic mass is 35.5. The largest absolute Gasteiger partial charge is 0.448 e. The summed E-state index contributed by atoms with van der Waals surface area (Å²) in [4.78, 5) is 39.6. The molecule has 5 N–H and O–H groups in total. The van der Waals surface area contributed by atoms with Crippen LogP contribution in [0.5, 0.6) is 0 Å². The highest BCUT2D eigenvalue weighted by Gasteiger charge is 2.17. The summed E-state index contributed by atoms with van der Waals surface area (Å²) in [6.07, 6.45) is 6.86. The number of halogens is 1. The van der Waals surface area contributed by atoms with Gasteiger partial charge in [-0.1, -0.05) is 79.6 Å². The number of carbonyl (C=O) groups excluding carboxylic acids is 3. The summed E-state index contributed by atoms with van der Waals surface area (Å²) in [5.41, 5.74) is 7.29. The molecule has 0 aromatic heterocycles. The fraction of sp³-hybridized carbons (Fsp3) is 0.360. The van der Waals surface area contributed by atoms with Crippen LogP contribution >= 0.6 is 23.5 Å². The molecule has 0 saturated heterocycles. The molecule has 1 aromatic carbocycles. The van der Waals surface area contributed by atoms with Crippen molar-refractivity contribution in [2.24, 2.45) is 10.7 Å². The molecule has 9 nitrogen and oxygen atoms in total. The fourth-order valence-electron chi connectivity index (χ4n) is 2.69. The Morgan fingerprint density at radius 2 is 2.00 bits per heavy atom. The molecule has 0 aliphatic carbocycles. The monoisotopic (exact) mass is 535 g/mol. The van der Waals surface area contributed by atoms with Gasteiger partial charge in [0.15, 0.2) is 0 Å². The molecular formula is C25H34ClN5O4S. The minimum absolute atomic E-state index is 0.000431. The molecule has 11 heteroatoms. The van der Waals surface area contributed by atoms with E-state index >= 15 is 0 Å². The Morgan fingerprint density at radius 1 is 1.25 bits per heavy atom. The van der Waals surface area contributed by atoms with E-state index in [1.54, 1.807) is 25.2 Å². The van der Waals surface area contributed by atoms with Gasteiger partial charge < -0.3 is 21.1 Å². The van der Waals surface area contributed by atoms with Gasteiger partial charge >= 0.3 is 6.09 Å². The molecule has 36 heavy (non-hydrogen) atoms. The van der Waals surface area contributed by atoms with Crippen LogP contribution in [0, 0.1) is 0 Å². The average molecular weight is 536 g/mol. The zero-order chi connectivity index (χ0) is 26.8. The molecule has 3 amide bonds. The van der Waals surface area contributed by atoms with Crippen molar-refractivity contribution in [2.45, 2.75) is 38.5 Å². The lowest BCUT2D eigenvalue weighted by atomic mass is 10.2. The number of amides is 3. The predicted molar refractivity (Wildman–Crippen MR) is 147 cm³/mol. The number of hydrogen-bond acceptors (Lipinski definition) is 6. The highest BCUT2D eigenvalue weighted by molar-refractivity contribution is 7.96. The van der Waals surface area contributed by atoms with Crippen molar-refractivity contribution in [3.8, 4) is 0 Å². The van der Waals surface area contributed by atoms with Crippen molar-refractivity contribution in [3.63, 3.8) is 0 Å². The van der Waals surface area contributed by atoms with E-state index in [0.717, 1.165) is 5.56 Å². The Bertz CT molecular complexity index is 981. The van der Waals surface area contributed by atoms with Crippen molar-refractivity contribution < 1.29 is 19.1 Å². The number of nitrogens with zero attached hydrogens (tertiary/aromatic N) is 1. The summed E-state index contributed by atoms with van der Waals surface area (Å²) in [6, 6.07) is 7.09. The number of rotatable bonds is 15. The van der Waals surface area contributed by atoms with Crippen LogP contribution < -0.4 is 21.1 Å². The lowest BCUT2D eigenvalue weighted by molar-refractivity contribution is -0.127. The van der Waals surface area contributed by atoms with Gasteiger partial charge in [0.2, 0.25) is 11.8 Å². The van der Waals surface area contributed by atoms with Crippen LogP contribution in [0.15, 0.2) is 65.7 Å². The first kappa shape index (κ1) is 31.0. The standard InChI is InChI=1S/C25H34ClN5O4S/c1-4-11-18(23(27)30-25(34)35-6-3)12-9-10-15-28-22(32)16-29-24(33)21(5-2)31-36-17-19-13-7-8-14-20(19)26/h4,7-9,11-14,21,31H,1,5-6,10,15-17H2,2-3H3,(H,28,32)(H,29,33)(H2,27,30,34)/b12-9-,18-11+. The average Bonchev–Trinajstić information content (AvgIpc) is 2.85. The first-order chi connectivity index (χ1) is 17.3. The minimum Gasteiger partial charge on any atom is -0.448 e. The third-order valence-electron chi connectivity index (χ3n) is 4.56. The Labute approximate surface area is 221 Å². The molecule has 0 bridgehead atoms. The van der Waals surface area contributed by atoms with Crippen LogP contribution in [0.25, 0.3) is 0 Å². The van der Waals surface area contributed by atoms with Gasteiger partial charge in [0.1, 0.15) is 5.84 Å². The Morgan fingerprint density at radius 3 is 2.67 bits per heavy atom. The Balaban J connectivity index is 2.38. The second-order valence-corrected chi connectivity index (χ2v) is 8.49. The Hall–Kier alpha value is -3.08. The second kappa shape index (κ2) is 18.2. The molecule has 1 rings (SSSR count). The number of carbonyl (C=O) groups is 3. The Kier molecular flexibility index (Phi) is 15.7. The number of hydrogen-bond donors (Lipinski definition) is 4. The third kappa shape index (κ3) is 12.6. The van der Waals surface area contributed by atoms with Gasteiger partial charge in [0.25, 0.3) is 0 Å². The molecule has 1 atom stereocenters. The van der Waals surface area contributed by atoms with Crippen LogP contribution in [-0.2, 0) is 20.1 Å². The SMILES string of the molecule is C=C/C=C(\C=C/CCNC(=O)CNC(=O)C(CC)NSCc1ccccc1Cl)C(/N)=N\C(=O)OCC. The van der Waals surface area contributed by atoms with Gasteiger partial charge in [-0.05, 0) is 31.4 Å². The number of allylic oxidation sites excluding steroid dienone is 2. The normalized spacial score (nSPS) is 12.8. The maximum absolute atomic E-state index is 12.4. The van der Waals surface area contributed by atoms with E-state index in [-0.39, 0.29) is 30.8 Å². The molecule has 0 heterocycles. The summed E-state index contributed by atoms with van der Waals surface area (Å²) < 4.78 is 7.86. The first-order valence-corrected chi connectivity index (χ1v) is 12.8. The van der Waals surface area contributed by atoms with E-state index in [2.05, 4.69) is 26.9 Å². The topological polar surface area (TPSA) is 135 Å². The lowest BCUT2D eigenvalue weighted by Gasteiger charge is -2.16. The van der Waals surface area contributed by atoms with Crippen molar-refractivity contribution in [2.75, 3.05) is 19.7 Å². The number of benzene rings is 1.